The van der Waals surface area contributed by atoms with Gasteiger partial charge in [-0.1, -0.05) is 17.7 Å². The number of benzene rings is 1. The zero-order valence-electron chi connectivity index (χ0n) is 14.1. The molecular formula is C16H22O7S. The fourth-order valence-electron chi connectivity index (χ4n) is 2.97. The molecule has 0 unspecified atom stereocenters. The number of hydrogen-bond acceptors (Lipinski definition) is 7. The van der Waals surface area contributed by atoms with Gasteiger partial charge < -0.3 is 19.3 Å². The first-order valence-corrected chi connectivity index (χ1v) is 9.13. The third-order valence-corrected chi connectivity index (χ3v) is 5.41. The molecule has 1 aromatic rings. The van der Waals surface area contributed by atoms with E-state index in [0.717, 1.165) is 5.56 Å². The van der Waals surface area contributed by atoms with Gasteiger partial charge in [-0.25, -0.2) is 0 Å². The van der Waals surface area contributed by atoms with E-state index in [9.17, 15) is 13.5 Å². The van der Waals surface area contributed by atoms with Crippen LogP contribution in [0.4, 0.5) is 0 Å². The summed E-state index contributed by atoms with van der Waals surface area (Å²) in [6.45, 7) is 6.51. The maximum absolute atomic E-state index is 12.3. The van der Waals surface area contributed by atoms with Crippen molar-refractivity contribution in [2.45, 2.75) is 62.5 Å². The maximum Gasteiger partial charge on any atom is 0.297 e. The summed E-state index contributed by atoms with van der Waals surface area (Å²) < 4.78 is 46.5. The van der Waals surface area contributed by atoms with Crippen molar-refractivity contribution >= 4 is 10.1 Å². The molecule has 0 bridgehead atoms. The fourth-order valence-corrected chi connectivity index (χ4v) is 3.89. The number of hydrogen-bond donors (Lipinski definition) is 1. The quantitative estimate of drug-likeness (QED) is 0.812. The molecule has 2 aliphatic heterocycles. The lowest BCUT2D eigenvalue weighted by Crippen LogP contribution is -2.40. The number of fused-ring (bicyclic) bond motifs is 1. The van der Waals surface area contributed by atoms with Gasteiger partial charge >= 0.3 is 0 Å². The Labute approximate surface area is 141 Å². The van der Waals surface area contributed by atoms with Gasteiger partial charge in [-0.2, -0.15) is 8.42 Å². The second-order valence-electron chi connectivity index (χ2n) is 6.78. The minimum Gasteiger partial charge on any atom is -0.364 e. The van der Waals surface area contributed by atoms with E-state index >= 15 is 0 Å². The first kappa shape index (κ1) is 17.8. The van der Waals surface area contributed by atoms with Crippen LogP contribution >= 0.6 is 0 Å². The van der Waals surface area contributed by atoms with Gasteiger partial charge in [-0.15, -0.1) is 0 Å². The van der Waals surface area contributed by atoms with E-state index in [4.69, 9.17) is 18.4 Å². The molecule has 1 aromatic carbocycles. The second kappa shape index (κ2) is 5.76. The van der Waals surface area contributed by atoms with Gasteiger partial charge in [0.05, 0.1) is 11.5 Å². The lowest BCUT2D eigenvalue weighted by atomic mass is 10.1. The highest BCUT2D eigenvalue weighted by molar-refractivity contribution is 7.86. The van der Waals surface area contributed by atoms with E-state index in [1.807, 2.05) is 6.92 Å². The molecule has 24 heavy (non-hydrogen) atoms. The molecule has 3 rings (SSSR count). The van der Waals surface area contributed by atoms with Crippen LogP contribution in [0.1, 0.15) is 26.3 Å². The van der Waals surface area contributed by atoms with Gasteiger partial charge in [0.2, 0.25) is 0 Å². The summed E-state index contributed by atoms with van der Waals surface area (Å²) in [6, 6.07) is 6.36. The highest BCUT2D eigenvalue weighted by Crippen LogP contribution is 2.42. The summed E-state index contributed by atoms with van der Waals surface area (Å²) in [5.41, 5.74) is 0.950. The van der Waals surface area contributed by atoms with Crippen LogP contribution in [0.25, 0.3) is 0 Å². The predicted octanol–water partition coefficient (Wildman–Crippen LogP) is 1.33. The molecule has 8 heteroatoms. The van der Waals surface area contributed by atoms with Crippen molar-refractivity contribution in [2.75, 3.05) is 6.61 Å². The maximum atomic E-state index is 12.3. The molecule has 0 radical (unpaired) electrons. The first-order valence-electron chi connectivity index (χ1n) is 7.72. The molecule has 1 N–H and O–H groups in total. The fraction of sp³-hybridized carbons (Fsp3) is 0.625. The highest BCUT2D eigenvalue weighted by atomic mass is 32.2. The SMILES string of the molecule is Cc1ccc(S(=O)(=O)OC[C@H]2O[C@@](C)(O)[C@@H]3OC(C)(C)O[C@@H]32)cc1. The van der Waals surface area contributed by atoms with E-state index < -0.39 is 40.0 Å². The Bertz CT molecular complexity index is 708. The average Bonchev–Trinajstić information content (AvgIpc) is 2.90. The number of rotatable bonds is 4. The summed E-state index contributed by atoms with van der Waals surface area (Å²) in [4.78, 5) is 0.0679. The van der Waals surface area contributed by atoms with Crippen LogP contribution in [0.15, 0.2) is 29.2 Å². The van der Waals surface area contributed by atoms with Crippen molar-refractivity contribution in [1.82, 2.24) is 0 Å². The molecule has 134 valence electrons. The Morgan fingerprint density at radius 3 is 2.38 bits per heavy atom. The zero-order valence-corrected chi connectivity index (χ0v) is 14.9. The lowest BCUT2D eigenvalue weighted by molar-refractivity contribution is -0.267. The highest BCUT2D eigenvalue weighted by Gasteiger charge is 2.60. The second-order valence-corrected chi connectivity index (χ2v) is 8.40. The molecular weight excluding hydrogens is 336 g/mol. The molecule has 2 saturated heterocycles. The van der Waals surface area contributed by atoms with Crippen molar-refractivity contribution in [2.24, 2.45) is 0 Å². The van der Waals surface area contributed by atoms with Crippen molar-refractivity contribution in [3.8, 4) is 0 Å². The molecule has 4 atom stereocenters. The average molecular weight is 358 g/mol. The van der Waals surface area contributed by atoms with Crippen molar-refractivity contribution in [3.05, 3.63) is 29.8 Å². The first-order chi connectivity index (χ1) is 11.0. The van der Waals surface area contributed by atoms with Crippen LogP contribution in [0, 0.1) is 6.92 Å². The Morgan fingerprint density at radius 2 is 1.75 bits per heavy atom. The van der Waals surface area contributed by atoms with Gasteiger partial charge in [-0.05, 0) is 39.8 Å². The molecule has 7 nitrogen and oxygen atoms in total. The van der Waals surface area contributed by atoms with E-state index in [-0.39, 0.29) is 11.5 Å². The van der Waals surface area contributed by atoms with Crippen LogP contribution in [0.2, 0.25) is 0 Å². The Kier molecular flexibility index (Phi) is 4.26. The minimum atomic E-state index is -3.92. The third kappa shape index (κ3) is 3.35. The minimum absolute atomic E-state index is 0.0679. The van der Waals surface area contributed by atoms with Crippen LogP contribution in [0.5, 0.6) is 0 Å². The topological polar surface area (TPSA) is 91.3 Å². The molecule has 2 heterocycles. The van der Waals surface area contributed by atoms with E-state index in [1.165, 1.54) is 19.1 Å². The molecule has 0 spiro atoms. The number of aliphatic hydroxyl groups is 1. The summed E-state index contributed by atoms with van der Waals surface area (Å²) in [7, 11) is -3.92. The number of aryl methyl sites for hydroxylation is 1. The van der Waals surface area contributed by atoms with Gasteiger partial charge in [-0.3, -0.25) is 4.18 Å². The van der Waals surface area contributed by atoms with Crippen molar-refractivity contribution in [1.29, 1.82) is 0 Å². The molecule has 0 amide bonds. The van der Waals surface area contributed by atoms with Crippen molar-refractivity contribution < 1.29 is 31.9 Å². The van der Waals surface area contributed by atoms with Crippen LogP contribution in [-0.4, -0.2) is 50.0 Å². The van der Waals surface area contributed by atoms with E-state index in [0.29, 0.717) is 0 Å². The molecule has 0 aromatic heterocycles. The molecule has 0 aliphatic carbocycles. The largest absolute Gasteiger partial charge is 0.364 e. The summed E-state index contributed by atoms with van der Waals surface area (Å²) in [5, 5.41) is 10.3. The predicted molar refractivity (Wildman–Crippen MR) is 83.6 cm³/mol. The third-order valence-electron chi connectivity index (χ3n) is 4.11. The summed E-state index contributed by atoms with van der Waals surface area (Å²) in [5.74, 6) is -2.45. The van der Waals surface area contributed by atoms with E-state index in [2.05, 4.69) is 0 Å². The number of ether oxygens (including phenoxy) is 3. The summed E-state index contributed by atoms with van der Waals surface area (Å²) >= 11 is 0. The Balaban J connectivity index is 1.71. The smallest absolute Gasteiger partial charge is 0.297 e. The zero-order chi connectivity index (χ0) is 17.8. The summed E-state index contributed by atoms with van der Waals surface area (Å²) in [6.07, 6.45) is -2.07. The van der Waals surface area contributed by atoms with Gasteiger partial charge in [0.15, 0.2) is 11.6 Å². The van der Waals surface area contributed by atoms with Crippen molar-refractivity contribution in [3.63, 3.8) is 0 Å². The molecule has 0 saturated carbocycles. The van der Waals surface area contributed by atoms with E-state index in [1.54, 1.807) is 26.0 Å². The lowest BCUT2D eigenvalue weighted by Gasteiger charge is -2.26. The van der Waals surface area contributed by atoms with Crippen LogP contribution < -0.4 is 0 Å². The monoisotopic (exact) mass is 358 g/mol. The van der Waals surface area contributed by atoms with Gasteiger partial charge in [0.1, 0.15) is 18.3 Å². The van der Waals surface area contributed by atoms with Crippen LogP contribution in [-0.2, 0) is 28.5 Å². The normalized spacial score (nSPS) is 35.1. The molecule has 2 aliphatic rings. The Hall–Kier alpha value is -1.03. The van der Waals surface area contributed by atoms with Gasteiger partial charge in [0.25, 0.3) is 10.1 Å². The van der Waals surface area contributed by atoms with Crippen LogP contribution in [0.3, 0.4) is 0 Å². The standard InChI is InChI=1S/C16H22O7S/c1-10-5-7-11(8-6-10)24(18,19)20-9-12-13-14(16(4,17)21-12)23-15(2,3)22-13/h5-8,12-14,17H,9H2,1-4H3/t12-,13-,14-,16-/m1/s1. The van der Waals surface area contributed by atoms with Gasteiger partial charge in [0, 0.05) is 0 Å². The Morgan fingerprint density at radius 1 is 1.12 bits per heavy atom. The molecule has 2 fully saturated rings.